The van der Waals surface area contributed by atoms with Gasteiger partial charge in [-0.1, -0.05) is 18.2 Å². The summed E-state index contributed by atoms with van der Waals surface area (Å²) in [5.41, 5.74) is -0.252. The van der Waals surface area contributed by atoms with Crippen molar-refractivity contribution in [3.63, 3.8) is 0 Å². The van der Waals surface area contributed by atoms with E-state index in [1.54, 1.807) is 0 Å². The third-order valence-corrected chi connectivity index (χ3v) is 3.71. The van der Waals surface area contributed by atoms with Crippen LogP contribution in [0.5, 0.6) is 11.5 Å². The highest BCUT2D eigenvalue weighted by atomic mass is 19.1. The monoisotopic (exact) mass is 356 g/mol. The van der Waals surface area contributed by atoms with Gasteiger partial charge in [-0.25, -0.2) is 14.1 Å². The molecule has 0 aromatic heterocycles. The molecule has 0 atom stereocenters. The van der Waals surface area contributed by atoms with Crippen LogP contribution in [0.25, 0.3) is 6.08 Å². The molecule has 0 radical (unpaired) electrons. The molecule has 4 amide bonds. The average Bonchev–Trinajstić information content (AvgIpc) is 2.61. The number of nitrogens with zero attached hydrogens (tertiary/aromatic N) is 1. The van der Waals surface area contributed by atoms with Crippen molar-refractivity contribution in [3.8, 4) is 11.5 Å². The molecule has 26 heavy (non-hydrogen) atoms. The number of hydrogen-bond donors (Lipinski definition) is 2. The standard InChI is InChI=1S/C18H13FN2O5/c1-26-15-9-10(6-7-14(15)22)8-11-16(23)20-18(25)21(17(11)24)13-5-3-2-4-12(13)19/h2-9,22H,1H3,(H,20,23,25). The van der Waals surface area contributed by atoms with E-state index in [4.69, 9.17) is 4.74 Å². The lowest BCUT2D eigenvalue weighted by atomic mass is 10.1. The number of hydrogen-bond acceptors (Lipinski definition) is 5. The van der Waals surface area contributed by atoms with E-state index in [1.807, 2.05) is 5.32 Å². The zero-order valence-electron chi connectivity index (χ0n) is 13.5. The number of imide groups is 2. The number of amides is 4. The van der Waals surface area contributed by atoms with Crippen LogP contribution in [0, 0.1) is 5.82 Å². The molecule has 8 heteroatoms. The van der Waals surface area contributed by atoms with Crippen LogP contribution < -0.4 is 15.0 Å². The van der Waals surface area contributed by atoms with E-state index in [0.29, 0.717) is 10.5 Å². The van der Waals surface area contributed by atoms with Gasteiger partial charge < -0.3 is 9.84 Å². The molecule has 0 aliphatic carbocycles. The van der Waals surface area contributed by atoms with Crippen LogP contribution in [0.2, 0.25) is 0 Å². The smallest absolute Gasteiger partial charge is 0.336 e. The Morgan fingerprint density at radius 3 is 2.58 bits per heavy atom. The van der Waals surface area contributed by atoms with Crippen molar-refractivity contribution in [3.05, 3.63) is 59.4 Å². The van der Waals surface area contributed by atoms with Crippen molar-refractivity contribution in [2.24, 2.45) is 0 Å². The molecule has 0 bridgehead atoms. The summed E-state index contributed by atoms with van der Waals surface area (Å²) in [4.78, 5) is 37.3. The van der Waals surface area contributed by atoms with Crippen LogP contribution in [0.1, 0.15) is 5.56 Å². The number of carbonyl (C=O) groups excluding carboxylic acids is 3. The second-order valence-corrected chi connectivity index (χ2v) is 5.34. The molecule has 0 saturated carbocycles. The molecular weight excluding hydrogens is 343 g/mol. The molecule has 2 N–H and O–H groups in total. The maximum Gasteiger partial charge on any atom is 0.336 e. The first kappa shape index (κ1) is 17.2. The Balaban J connectivity index is 2.04. The second kappa shape index (κ2) is 6.67. The molecule has 2 aromatic carbocycles. The molecule has 7 nitrogen and oxygen atoms in total. The maximum absolute atomic E-state index is 14.0. The highest BCUT2D eigenvalue weighted by Gasteiger charge is 2.37. The lowest BCUT2D eigenvalue weighted by Gasteiger charge is -2.26. The zero-order valence-corrected chi connectivity index (χ0v) is 13.5. The number of aromatic hydroxyl groups is 1. The van der Waals surface area contributed by atoms with Gasteiger partial charge in [0.1, 0.15) is 11.4 Å². The highest BCUT2D eigenvalue weighted by molar-refractivity contribution is 6.39. The van der Waals surface area contributed by atoms with Gasteiger partial charge in [-0.15, -0.1) is 0 Å². The first-order valence-corrected chi connectivity index (χ1v) is 7.45. The van der Waals surface area contributed by atoms with Gasteiger partial charge in [-0.05, 0) is 35.9 Å². The number of ether oxygens (including phenoxy) is 1. The SMILES string of the molecule is COc1cc(C=C2C(=O)NC(=O)N(c3ccccc3F)C2=O)ccc1O. The van der Waals surface area contributed by atoms with Gasteiger partial charge in [0.05, 0.1) is 12.8 Å². The van der Waals surface area contributed by atoms with Crippen LogP contribution in [-0.4, -0.2) is 30.1 Å². The lowest BCUT2D eigenvalue weighted by Crippen LogP contribution is -2.54. The molecule has 1 fully saturated rings. The largest absolute Gasteiger partial charge is 0.504 e. The van der Waals surface area contributed by atoms with Gasteiger partial charge in [0.25, 0.3) is 11.8 Å². The summed E-state index contributed by atoms with van der Waals surface area (Å²) < 4.78 is 19.0. The number of phenols is 1. The number of para-hydroxylation sites is 1. The van der Waals surface area contributed by atoms with E-state index in [2.05, 4.69) is 0 Å². The lowest BCUT2D eigenvalue weighted by molar-refractivity contribution is -0.122. The fourth-order valence-electron chi connectivity index (χ4n) is 2.46. The number of phenolic OH excluding ortho intramolecular Hbond substituents is 1. The minimum Gasteiger partial charge on any atom is -0.504 e. The number of methoxy groups -OCH3 is 1. The van der Waals surface area contributed by atoms with Crippen LogP contribution in [0.3, 0.4) is 0 Å². The summed E-state index contributed by atoms with van der Waals surface area (Å²) in [6.07, 6.45) is 1.22. The van der Waals surface area contributed by atoms with E-state index in [9.17, 15) is 23.9 Å². The van der Waals surface area contributed by atoms with Gasteiger partial charge in [0.15, 0.2) is 11.5 Å². The average molecular weight is 356 g/mol. The number of carbonyl (C=O) groups is 3. The van der Waals surface area contributed by atoms with E-state index >= 15 is 0 Å². The number of urea groups is 1. The summed E-state index contributed by atoms with van der Waals surface area (Å²) in [6.45, 7) is 0. The summed E-state index contributed by atoms with van der Waals surface area (Å²) in [6, 6.07) is 8.38. The van der Waals surface area contributed by atoms with E-state index < -0.39 is 23.7 Å². The van der Waals surface area contributed by atoms with Gasteiger partial charge in [0.2, 0.25) is 0 Å². The van der Waals surface area contributed by atoms with Gasteiger partial charge in [-0.3, -0.25) is 14.9 Å². The first-order chi connectivity index (χ1) is 12.4. The normalized spacial score (nSPS) is 16.0. The number of halogens is 1. The van der Waals surface area contributed by atoms with Crippen molar-refractivity contribution >= 4 is 29.6 Å². The number of benzene rings is 2. The highest BCUT2D eigenvalue weighted by Crippen LogP contribution is 2.29. The molecule has 3 rings (SSSR count). The van der Waals surface area contributed by atoms with Crippen molar-refractivity contribution in [2.45, 2.75) is 0 Å². The van der Waals surface area contributed by atoms with Crippen molar-refractivity contribution in [1.29, 1.82) is 0 Å². The van der Waals surface area contributed by atoms with Gasteiger partial charge in [0, 0.05) is 0 Å². The predicted molar refractivity (Wildman–Crippen MR) is 90.1 cm³/mol. The Morgan fingerprint density at radius 2 is 1.88 bits per heavy atom. The van der Waals surface area contributed by atoms with Crippen LogP contribution in [0.4, 0.5) is 14.9 Å². The number of barbiturate groups is 1. The Hall–Kier alpha value is -3.68. The van der Waals surface area contributed by atoms with Crippen molar-refractivity contribution < 1.29 is 28.6 Å². The first-order valence-electron chi connectivity index (χ1n) is 7.45. The quantitative estimate of drug-likeness (QED) is 0.649. The van der Waals surface area contributed by atoms with E-state index in [-0.39, 0.29) is 22.8 Å². The third kappa shape index (κ3) is 3.00. The fourth-order valence-corrected chi connectivity index (χ4v) is 2.46. The molecule has 132 valence electrons. The molecule has 1 saturated heterocycles. The van der Waals surface area contributed by atoms with Crippen molar-refractivity contribution in [2.75, 3.05) is 12.0 Å². The summed E-state index contributed by atoms with van der Waals surface area (Å²) in [5, 5.41) is 11.6. The molecule has 0 unspecified atom stereocenters. The Bertz CT molecular complexity index is 954. The van der Waals surface area contributed by atoms with Crippen LogP contribution >= 0.6 is 0 Å². The second-order valence-electron chi connectivity index (χ2n) is 5.34. The molecular formula is C18H13FN2O5. The topological polar surface area (TPSA) is 95.9 Å². The third-order valence-electron chi connectivity index (χ3n) is 3.71. The minimum atomic E-state index is -1.04. The van der Waals surface area contributed by atoms with Crippen LogP contribution in [0.15, 0.2) is 48.0 Å². The van der Waals surface area contributed by atoms with Gasteiger partial charge >= 0.3 is 6.03 Å². The Labute approximate surface area is 147 Å². The minimum absolute atomic E-state index is 0.114. The summed E-state index contributed by atoms with van der Waals surface area (Å²) in [7, 11) is 1.35. The molecule has 1 aliphatic rings. The predicted octanol–water partition coefficient (Wildman–Crippen LogP) is 2.21. The van der Waals surface area contributed by atoms with Crippen LogP contribution in [-0.2, 0) is 9.59 Å². The summed E-state index contributed by atoms with van der Waals surface area (Å²) in [5.74, 6) is -2.62. The maximum atomic E-state index is 14.0. The Kier molecular flexibility index (Phi) is 4.40. The zero-order chi connectivity index (χ0) is 18.8. The van der Waals surface area contributed by atoms with Gasteiger partial charge in [-0.2, -0.15) is 0 Å². The molecule has 1 heterocycles. The summed E-state index contributed by atoms with van der Waals surface area (Å²) >= 11 is 0. The number of nitrogens with one attached hydrogen (secondary N) is 1. The molecule has 0 spiro atoms. The Morgan fingerprint density at radius 1 is 1.15 bits per heavy atom. The van der Waals surface area contributed by atoms with E-state index in [0.717, 1.165) is 6.07 Å². The fraction of sp³-hybridized carbons (Fsp3) is 0.0556. The van der Waals surface area contributed by atoms with E-state index in [1.165, 1.54) is 49.6 Å². The number of anilines is 1. The molecule has 2 aromatic rings. The molecule has 1 aliphatic heterocycles. The van der Waals surface area contributed by atoms with Crippen molar-refractivity contribution in [1.82, 2.24) is 5.32 Å². The number of rotatable bonds is 3.